The van der Waals surface area contributed by atoms with E-state index >= 15 is 0 Å². The number of nitrogens with one attached hydrogen (secondary N) is 3. The van der Waals surface area contributed by atoms with E-state index in [0.717, 1.165) is 27.3 Å². The Balaban J connectivity index is 1.41. The molecule has 5 amide bonds. The number of ether oxygens (including phenoxy) is 1. The number of hydrazine groups is 1. The standard InChI is InChI=1S/C45H59N7O6S/c1-8-30(2)39(52-25-24-50(44(52)57)28-35-22-17-31(3)59-35)41(54)47-37(26-32-14-10-9-11-15-32)38(53)29-51(49-42(55)40(45(4,5)6)48-43(56)58-7)27-33-18-20-34(21-19-33)36-16-12-13-23-46-36/h9-23,30,37-40,53H,8,24-29H2,1-7H3,(H,47,54)(H,48,56)(H,49,55)/t30-,37-,38-,39-,40+/m0/s1. The molecule has 0 unspecified atom stereocenters. The van der Waals surface area contributed by atoms with E-state index in [4.69, 9.17) is 4.74 Å². The molecule has 3 heterocycles. The topological polar surface area (TPSA) is 156 Å². The number of amides is 5. The number of aliphatic hydroxyl groups is 1. The van der Waals surface area contributed by atoms with Gasteiger partial charge in [-0.1, -0.05) is 102 Å². The third kappa shape index (κ3) is 12.4. The van der Waals surface area contributed by atoms with Crippen molar-refractivity contribution < 1.29 is 29.0 Å². The van der Waals surface area contributed by atoms with Crippen LogP contribution in [-0.4, -0.2) is 99.8 Å². The molecule has 316 valence electrons. The highest BCUT2D eigenvalue weighted by atomic mass is 32.1. The SMILES string of the molecule is CC[C@H](C)[C@@H](C(=O)N[C@@H](Cc1ccccc1)[C@@H](O)CN(Cc1ccc(-c2ccccn2)cc1)NC(=O)[C@@H](NC(=O)OC)C(C)(C)C)N1CCN(Cc2ccc(C)s2)C1=O. The Morgan fingerprint density at radius 1 is 0.932 bits per heavy atom. The summed E-state index contributed by atoms with van der Waals surface area (Å²) in [5, 5.41) is 19.6. The number of rotatable bonds is 18. The van der Waals surface area contributed by atoms with Crippen LogP contribution in [0.15, 0.2) is 91.1 Å². The van der Waals surface area contributed by atoms with Crippen molar-refractivity contribution in [1.29, 1.82) is 0 Å². The number of benzene rings is 2. The summed E-state index contributed by atoms with van der Waals surface area (Å²) in [5.41, 5.74) is 5.72. The van der Waals surface area contributed by atoms with Crippen molar-refractivity contribution in [3.05, 3.63) is 112 Å². The molecule has 1 fully saturated rings. The molecule has 0 bridgehead atoms. The summed E-state index contributed by atoms with van der Waals surface area (Å²) < 4.78 is 4.83. The van der Waals surface area contributed by atoms with Gasteiger partial charge in [-0.15, -0.1) is 11.3 Å². The lowest BCUT2D eigenvalue weighted by Crippen LogP contribution is -2.60. The molecule has 14 heteroatoms. The first-order valence-corrected chi connectivity index (χ1v) is 21.0. The lowest BCUT2D eigenvalue weighted by atomic mass is 9.86. The van der Waals surface area contributed by atoms with Crippen molar-refractivity contribution in [2.24, 2.45) is 11.3 Å². The summed E-state index contributed by atoms with van der Waals surface area (Å²) in [6, 6.07) is 24.3. The molecule has 2 aromatic carbocycles. The van der Waals surface area contributed by atoms with Gasteiger partial charge in [0.15, 0.2) is 0 Å². The molecule has 4 N–H and O–H groups in total. The van der Waals surface area contributed by atoms with E-state index in [1.165, 1.54) is 12.0 Å². The number of carbonyl (C=O) groups excluding carboxylic acids is 4. The molecule has 2 aromatic heterocycles. The molecule has 1 aliphatic heterocycles. The van der Waals surface area contributed by atoms with Gasteiger partial charge in [-0.05, 0) is 60.1 Å². The number of carbonyl (C=O) groups is 4. The fourth-order valence-electron chi connectivity index (χ4n) is 7.22. The van der Waals surface area contributed by atoms with Crippen molar-refractivity contribution in [2.45, 2.75) is 91.7 Å². The fraction of sp³-hybridized carbons (Fsp3) is 0.444. The van der Waals surface area contributed by atoms with Gasteiger partial charge >= 0.3 is 12.1 Å². The zero-order valence-corrected chi connectivity index (χ0v) is 36.0. The molecule has 1 saturated heterocycles. The van der Waals surface area contributed by atoms with Gasteiger partial charge in [-0.3, -0.25) is 20.0 Å². The zero-order valence-electron chi connectivity index (χ0n) is 35.2. The van der Waals surface area contributed by atoms with Crippen molar-refractivity contribution in [3.63, 3.8) is 0 Å². The molecule has 0 aliphatic carbocycles. The molecular weight excluding hydrogens is 767 g/mol. The predicted molar refractivity (Wildman–Crippen MR) is 230 cm³/mol. The number of urea groups is 1. The van der Waals surface area contributed by atoms with Crippen LogP contribution in [0.4, 0.5) is 9.59 Å². The maximum absolute atomic E-state index is 14.5. The molecule has 0 radical (unpaired) electrons. The van der Waals surface area contributed by atoms with Crippen molar-refractivity contribution in [3.8, 4) is 11.3 Å². The number of hydrogen-bond donors (Lipinski definition) is 4. The average molecular weight is 826 g/mol. The number of pyridine rings is 1. The highest BCUT2D eigenvalue weighted by Crippen LogP contribution is 2.26. The summed E-state index contributed by atoms with van der Waals surface area (Å²) in [7, 11) is 1.23. The molecular formula is C45H59N7O6S. The average Bonchev–Trinajstić information content (AvgIpc) is 3.80. The Bertz CT molecular complexity index is 1990. The normalized spacial score (nSPS) is 15.6. The highest BCUT2D eigenvalue weighted by molar-refractivity contribution is 7.11. The maximum Gasteiger partial charge on any atom is 0.407 e. The predicted octanol–water partition coefficient (Wildman–Crippen LogP) is 6.16. The second kappa shape index (κ2) is 20.6. The Hall–Kier alpha value is -5.31. The molecule has 1 aliphatic rings. The van der Waals surface area contributed by atoms with Crippen LogP contribution in [-0.2, 0) is 33.8 Å². The highest BCUT2D eigenvalue weighted by Gasteiger charge is 2.41. The summed E-state index contributed by atoms with van der Waals surface area (Å²) in [4.78, 5) is 64.9. The van der Waals surface area contributed by atoms with Gasteiger partial charge < -0.3 is 30.3 Å². The van der Waals surface area contributed by atoms with Crippen LogP contribution >= 0.6 is 11.3 Å². The van der Waals surface area contributed by atoms with Gasteiger partial charge in [0.2, 0.25) is 5.91 Å². The van der Waals surface area contributed by atoms with Gasteiger partial charge in [0, 0.05) is 47.7 Å². The number of aliphatic hydroxyl groups excluding tert-OH is 1. The smallest absolute Gasteiger partial charge is 0.407 e. The molecule has 0 spiro atoms. The fourth-order valence-corrected chi connectivity index (χ4v) is 8.13. The third-order valence-electron chi connectivity index (χ3n) is 10.7. The minimum Gasteiger partial charge on any atom is -0.453 e. The summed E-state index contributed by atoms with van der Waals surface area (Å²) in [6.07, 6.45) is 0.731. The molecule has 5 rings (SSSR count). The number of aromatic nitrogens is 1. The summed E-state index contributed by atoms with van der Waals surface area (Å²) in [5.74, 6) is -1.02. The van der Waals surface area contributed by atoms with Gasteiger partial charge in [-0.2, -0.15) is 0 Å². The van der Waals surface area contributed by atoms with Crippen LogP contribution in [0.2, 0.25) is 0 Å². The van der Waals surface area contributed by atoms with Crippen LogP contribution in [0.25, 0.3) is 11.3 Å². The molecule has 4 aromatic rings. The lowest BCUT2D eigenvalue weighted by molar-refractivity contribution is -0.132. The first kappa shape index (κ1) is 44.8. The second-order valence-corrected chi connectivity index (χ2v) is 17.7. The van der Waals surface area contributed by atoms with E-state index in [1.807, 2.05) is 126 Å². The Morgan fingerprint density at radius 2 is 1.64 bits per heavy atom. The first-order chi connectivity index (χ1) is 28.2. The van der Waals surface area contributed by atoms with Crippen LogP contribution in [0.5, 0.6) is 0 Å². The number of alkyl carbamates (subject to hydrolysis) is 1. The van der Waals surface area contributed by atoms with E-state index in [9.17, 15) is 24.3 Å². The minimum absolute atomic E-state index is 0.0920. The van der Waals surface area contributed by atoms with E-state index in [2.05, 4.69) is 21.0 Å². The van der Waals surface area contributed by atoms with Gasteiger partial charge in [0.25, 0.3) is 5.91 Å². The number of methoxy groups -OCH3 is 1. The lowest BCUT2D eigenvalue weighted by Gasteiger charge is -2.36. The van der Waals surface area contributed by atoms with Crippen molar-refractivity contribution in [2.75, 3.05) is 26.7 Å². The van der Waals surface area contributed by atoms with Gasteiger partial charge in [0.1, 0.15) is 12.1 Å². The Morgan fingerprint density at radius 3 is 2.25 bits per heavy atom. The van der Waals surface area contributed by atoms with Gasteiger partial charge in [0.05, 0.1) is 31.5 Å². The van der Waals surface area contributed by atoms with Crippen LogP contribution < -0.4 is 16.1 Å². The summed E-state index contributed by atoms with van der Waals surface area (Å²) in [6.45, 7) is 13.0. The van der Waals surface area contributed by atoms with Crippen LogP contribution in [0.3, 0.4) is 0 Å². The van der Waals surface area contributed by atoms with E-state index in [0.29, 0.717) is 26.1 Å². The number of aryl methyl sites for hydroxylation is 1. The molecule has 13 nitrogen and oxygen atoms in total. The van der Waals surface area contributed by atoms with Gasteiger partial charge in [-0.25, -0.2) is 14.6 Å². The summed E-state index contributed by atoms with van der Waals surface area (Å²) >= 11 is 1.65. The number of hydrogen-bond acceptors (Lipinski definition) is 9. The maximum atomic E-state index is 14.5. The van der Waals surface area contributed by atoms with Crippen molar-refractivity contribution in [1.82, 2.24) is 35.9 Å². The first-order valence-electron chi connectivity index (χ1n) is 20.2. The molecule has 0 saturated carbocycles. The minimum atomic E-state index is -1.20. The van der Waals surface area contributed by atoms with E-state index in [-0.39, 0.29) is 37.4 Å². The quantitative estimate of drug-likeness (QED) is 0.0870. The van der Waals surface area contributed by atoms with E-state index in [1.54, 1.807) is 32.3 Å². The monoisotopic (exact) mass is 825 g/mol. The second-order valence-electron chi connectivity index (χ2n) is 16.3. The van der Waals surface area contributed by atoms with E-state index < -0.39 is 41.6 Å². The largest absolute Gasteiger partial charge is 0.453 e. The van der Waals surface area contributed by atoms with Crippen molar-refractivity contribution >= 4 is 35.3 Å². The van der Waals surface area contributed by atoms with Crippen LogP contribution in [0.1, 0.15) is 61.9 Å². The Labute approximate surface area is 352 Å². The molecule has 59 heavy (non-hydrogen) atoms. The number of nitrogens with zero attached hydrogens (tertiary/aromatic N) is 4. The molecule has 5 atom stereocenters. The number of thiophene rings is 1. The Kier molecular flexibility index (Phi) is 15.6. The third-order valence-corrected chi connectivity index (χ3v) is 11.7. The zero-order chi connectivity index (χ0) is 42.7. The van der Waals surface area contributed by atoms with Crippen LogP contribution in [0, 0.1) is 18.3 Å².